The minimum Gasteiger partial charge on any atom is -0.490 e. The fourth-order valence-electron chi connectivity index (χ4n) is 3.10. The van der Waals surface area contributed by atoms with E-state index in [1.54, 1.807) is 38.1 Å². The number of carbonyl (C=O) groups excluding carboxylic acids is 2. The van der Waals surface area contributed by atoms with Crippen LogP contribution in [0.1, 0.15) is 19.4 Å². The van der Waals surface area contributed by atoms with Crippen LogP contribution in [0.2, 0.25) is 0 Å². The Morgan fingerprint density at radius 1 is 1.19 bits per heavy atom. The number of anilines is 3. The van der Waals surface area contributed by atoms with E-state index in [4.69, 9.17) is 4.74 Å². The monoisotopic (exact) mass is 433 g/mol. The summed E-state index contributed by atoms with van der Waals surface area (Å²) < 4.78 is 44.3. The maximum absolute atomic E-state index is 12.9. The first kappa shape index (κ1) is 22.2. The molecule has 1 aliphatic heterocycles. The third-order valence-electron chi connectivity index (χ3n) is 4.68. The number of amides is 3. The predicted molar refractivity (Wildman–Crippen MR) is 112 cm³/mol. The first-order chi connectivity index (χ1) is 14.5. The predicted octanol–water partition coefficient (Wildman–Crippen LogP) is 5.29. The van der Waals surface area contributed by atoms with Gasteiger partial charge >= 0.3 is 12.2 Å². The van der Waals surface area contributed by atoms with Crippen LogP contribution < -0.4 is 20.3 Å². The Balaban J connectivity index is 1.81. The van der Waals surface area contributed by atoms with Gasteiger partial charge in [-0.2, -0.15) is 13.2 Å². The molecule has 0 aliphatic carbocycles. The summed E-state index contributed by atoms with van der Waals surface area (Å²) in [5.74, 6) is 0.321. The number of nitrogens with one attached hydrogen (secondary N) is 2. The van der Waals surface area contributed by atoms with Crippen molar-refractivity contribution >= 4 is 29.0 Å². The number of hydrogen-bond donors (Lipinski definition) is 2. The van der Waals surface area contributed by atoms with Gasteiger partial charge in [0, 0.05) is 17.9 Å². The highest BCUT2D eigenvalue weighted by atomic mass is 19.4. The van der Waals surface area contributed by atoms with Gasteiger partial charge in [-0.05, 0) is 50.2 Å². The second-order valence-corrected chi connectivity index (χ2v) is 7.72. The zero-order valence-corrected chi connectivity index (χ0v) is 17.0. The van der Waals surface area contributed by atoms with E-state index in [1.807, 2.05) is 0 Å². The number of carbonyl (C=O) groups is 2. The Morgan fingerprint density at radius 3 is 2.52 bits per heavy atom. The summed E-state index contributed by atoms with van der Waals surface area (Å²) in [5, 5.41) is 4.94. The molecule has 31 heavy (non-hydrogen) atoms. The number of rotatable bonds is 4. The maximum atomic E-state index is 12.9. The number of fused-ring (bicyclic) bond motifs is 1. The summed E-state index contributed by atoms with van der Waals surface area (Å²) in [7, 11) is 0. The Morgan fingerprint density at radius 2 is 1.87 bits per heavy atom. The minimum atomic E-state index is -4.51. The fourth-order valence-corrected chi connectivity index (χ4v) is 3.10. The number of ether oxygens (including phenoxy) is 1. The molecule has 0 saturated carbocycles. The number of nitrogens with zero attached hydrogens (tertiary/aromatic N) is 1. The van der Waals surface area contributed by atoms with Crippen LogP contribution in [0.5, 0.6) is 5.75 Å². The van der Waals surface area contributed by atoms with Gasteiger partial charge in [-0.25, -0.2) is 4.79 Å². The first-order valence-electron chi connectivity index (χ1n) is 9.46. The maximum Gasteiger partial charge on any atom is 0.416 e. The second kappa shape index (κ2) is 8.33. The van der Waals surface area contributed by atoms with Gasteiger partial charge < -0.3 is 20.3 Å². The molecule has 0 atom stereocenters. The van der Waals surface area contributed by atoms with E-state index in [0.717, 1.165) is 12.1 Å². The van der Waals surface area contributed by atoms with E-state index < -0.39 is 23.2 Å². The Labute approximate surface area is 177 Å². The molecule has 0 unspecified atom stereocenters. The molecule has 2 N–H and O–H groups in total. The van der Waals surface area contributed by atoms with Gasteiger partial charge in [0.25, 0.3) is 0 Å². The fraction of sp³-hybridized carbons (Fsp3) is 0.273. The van der Waals surface area contributed by atoms with Gasteiger partial charge in [-0.3, -0.25) is 4.79 Å². The van der Waals surface area contributed by atoms with Crippen molar-refractivity contribution in [3.05, 3.63) is 60.7 Å². The highest BCUT2D eigenvalue weighted by molar-refractivity contribution is 6.02. The van der Waals surface area contributed by atoms with Gasteiger partial charge in [0.15, 0.2) is 0 Å². The molecule has 0 saturated heterocycles. The van der Waals surface area contributed by atoms with Crippen LogP contribution in [-0.4, -0.2) is 25.1 Å². The molecule has 0 radical (unpaired) electrons. The summed E-state index contributed by atoms with van der Waals surface area (Å²) in [6, 6.07) is 8.38. The first-order valence-corrected chi connectivity index (χ1v) is 9.46. The van der Waals surface area contributed by atoms with Gasteiger partial charge in [0.05, 0.1) is 16.7 Å². The number of hydrogen-bond acceptors (Lipinski definition) is 3. The molecule has 0 fully saturated rings. The zero-order valence-electron chi connectivity index (χ0n) is 17.0. The summed E-state index contributed by atoms with van der Waals surface area (Å²) in [4.78, 5) is 26.8. The molecular formula is C22H22F3N3O3. The van der Waals surface area contributed by atoms with E-state index in [-0.39, 0.29) is 24.7 Å². The Hall–Kier alpha value is -3.49. The minimum absolute atomic E-state index is 0.00405. The summed E-state index contributed by atoms with van der Waals surface area (Å²) in [5.41, 5.74) is -0.818. The third kappa shape index (κ3) is 4.99. The Kier molecular flexibility index (Phi) is 5.97. The van der Waals surface area contributed by atoms with Crippen molar-refractivity contribution in [1.29, 1.82) is 0 Å². The molecule has 0 aromatic heterocycles. The van der Waals surface area contributed by atoms with Crippen molar-refractivity contribution < 1.29 is 27.5 Å². The molecule has 0 spiro atoms. The van der Waals surface area contributed by atoms with E-state index >= 15 is 0 Å². The third-order valence-corrected chi connectivity index (χ3v) is 4.68. The molecule has 2 aromatic rings. The van der Waals surface area contributed by atoms with Gasteiger partial charge in [-0.1, -0.05) is 12.1 Å². The normalized spacial score (nSPS) is 15.4. The largest absolute Gasteiger partial charge is 0.490 e. The quantitative estimate of drug-likeness (QED) is 0.644. The molecule has 3 amide bonds. The molecule has 164 valence electrons. The molecule has 2 aromatic carbocycles. The van der Waals surface area contributed by atoms with Crippen molar-refractivity contribution in [3.8, 4) is 5.75 Å². The van der Waals surface area contributed by atoms with Crippen molar-refractivity contribution in [2.75, 3.05) is 28.7 Å². The lowest BCUT2D eigenvalue weighted by Gasteiger charge is -2.27. The molecule has 0 bridgehead atoms. The number of benzene rings is 2. The lowest BCUT2D eigenvalue weighted by molar-refractivity contribution is -0.137. The van der Waals surface area contributed by atoms with E-state index in [9.17, 15) is 22.8 Å². The summed E-state index contributed by atoms with van der Waals surface area (Å²) in [6.07, 6.45) is -2.93. The number of alkyl halides is 3. The van der Waals surface area contributed by atoms with Crippen LogP contribution in [0.4, 0.5) is 35.0 Å². The SMILES string of the molecule is C=CCN1C(=O)C(C)(C)COc2ccc(NC(=O)Nc3cccc(C(F)(F)F)c3)cc21. The van der Waals surface area contributed by atoms with Crippen LogP contribution >= 0.6 is 0 Å². The lowest BCUT2D eigenvalue weighted by atomic mass is 9.93. The average molecular weight is 433 g/mol. The average Bonchev–Trinajstić information content (AvgIpc) is 2.78. The van der Waals surface area contributed by atoms with Crippen LogP contribution in [0, 0.1) is 5.41 Å². The summed E-state index contributed by atoms with van der Waals surface area (Å²) in [6.45, 7) is 7.68. The number of halogens is 3. The molecular weight excluding hydrogens is 411 g/mol. The summed E-state index contributed by atoms with van der Waals surface area (Å²) >= 11 is 0. The second-order valence-electron chi connectivity index (χ2n) is 7.72. The molecule has 1 aliphatic rings. The van der Waals surface area contributed by atoms with Crippen molar-refractivity contribution in [2.24, 2.45) is 5.41 Å². The topological polar surface area (TPSA) is 70.7 Å². The van der Waals surface area contributed by atoms with Gasteiger partial charge in [0.2, 0.25) is 5.91 Å². The molecule has 3 rings (SSSR count). The van der Waals surface area contributed by atoms with Crippen molar-refractivity contribution in [1.82, 2.24) is 0 Å². The number of urea groups is 1. The van der Waals surface area contributed by atoms with Crippen LogP contribution in [0.3, 0.4) is 0 Å². The standard InChI is InChI=1S/C22H22F3N3O3/c1-4-10-28-17-12-16(8-9-18(17)31-13-21(2,3)19(28)29)27-20(30)26-15-7-5-6-14(11-15)22(23,24)25/h4-9,11-12H,1,10,13H2,2-3H3,(H2,26,27,30). The van der Waals surface area contributed by atoms with Crippen molar-refractivity contribution in [3.63, 3.8) is 0 Å². The van der Waals surface area contributed by atoms with Gasteiger partial charge in [-0.15, -0.1) is 6.58 Å². The highest BCUT2D eigenvalue weighted by Crippen LogP contribution is 2.38. The van der Waals surface area contributed by atoms with Crippen molar-refractivity contribution in [2.45, 2.75) is 20.0 Å². The van der Waals surface area contributed by atoms with Crippen LogP contribution in [-0.2, 0) is 11.0 Å². The Bertz CT molecular complexity index is 1020. The van der Waals surface area contributed by atoms with Crippen LogP contribution in [0.25, 0.3) is 0 Å². The smallest absolute Gasteiger partial charge is 0.416 e. The van der Waals surface area contributed by atoms with E-state index in [1.165, 1.54) is 17.0 Å². The van der Waals surface area contributed by atoms with E-state index in [0.29, 0.717) is 17.1 Å². The zero-order chi connectivity index (χ0) is 22.8. The molecule has 9 heteroatoms. The van der Waals surface area contributed by atoms with Crippen LogP contribution in [0.15, 0.2) is 55.1 Å². The molecule has 6 nitrogen and oxygen atoms in total. The highest BCUT2D eigenvalue weighted by Gasteiger charge is 2.37. The van der Waals surface area contributed by atoms with Gasteiger partial charge in [0.1, 0.15) is 12.4 Å². The van der Waals surface area contributed by atoms with E-state index in [2.05, 4.69) is 17.2 Å². The lowest BCUT2D eigenvalue weighted by Crippen LogP contribution is -2.42. The molecule has 1 heterocycles.